The summed E-state index contributed by atoms with van der Waals surface area (Å²) in [5.74, 6) is 2.10. The molecule has 0 aliphatic heterocycles. The fourth-order valence-electron chi connectivity index (χ4n) is 2.41. The van der Waals surface area contributed by atoms with Crippen LogP contribution < -0.4 is 14.8 Å². The molecule has 0 fully saturated rings. The normalized spacial score (nSPS) is 10.4. The predicted molar refractivity (Wildman–Crippen MR) is 96.2 cm³/mol. The molecule has 0 aliphatic carbocycles. The minimum absolute atomic E-state index is 0.132. The average molecular weight is 353 g/mol. The molecule has 26 heavy (non-hydrogen) atoms. The Kier molecular flexibility index (Phi) is 5.48. The summed E-state index contributed by atoms with van der Waals surface area (Å²) in [5.41, 5.74) is 1.45. The third kappa shape index (κ3) is 4.18. The van der Waals surface area contributed by atoms with Crippen molar-refractivity contribution in [1.29, 1.82) is 0 Å². The standard InChI is InChI=1S/C19H19N3O4/c1-24-14-9-7-13(8-10-14)20-17(23)11-12-18-21-19(22-26-18)15-5-3-4-6-16(15)25-2/h3-10H,11-12H2,1-2H3,(H,20,23). The highest BCUT2D eigenvalue weighted by molar-refractivity contribution is 5.90. The number of aromatic nitrogens is 2. The summed E-state index contributed by atoms with van der Waals surface area (Å²) in [6, 6.07) is 14.5. The van der Waals surface area contributed by atoms with E-state index in [1.54, 1.807) is 38.5 Å². The van der Waals surface area contributed by atoms with Crippen molar-refractivity contribution >= 4 is 11.6 Å². The lowest BCUT2D eigenvalue weighted by molar-refractivity contribution is -0.116. The topological polar surface area (TPSA) is 86.5 Å². The molecule has 7 nitrogen and oxygen atoms in total. The van der Waals surface area contributed by atoms with Crippen molar-refractivity contribution in [3.05, 3.63) is 54.4 Å². The van der Waals surface area contributed by atoms with Crippen molar-refractivity contribution in [3.8, 4) is 22.9 Å². The Bertz CT molecular complexity index is 875. The van der Waals surface area contributed by atoms with E-state index in [9.17, 15) is 4.79 Å². The monoisotopic (exact) mass is 353 g/mol. The fourth-order valence-corrected chi connectivity index (χ4v) is 2.41. The van der Waals surface area contributed by atoms with Crippen LogP contribution in [0.5, 0.6) is 11.5 Å². The molecule has 0 bridgehead atoms. The second kappa shape index (κ2) is 8.15. The minimum atomic E-state index is -0.132. The van der Waals surface area contributed by atoms with Gasteiger partial charge in [-0.1, -0.05) is 17.3 Å². The number of methoxy groups -OCH3 is 2. The Morgan fingerprint density at radius 2 is 1.85 bits per heavy atom. The quantitative estimate of drug-likeness (QED) is 0.701. The number of hydrogen-bond acceptors (Lipinski definition) is 6. The van der Waals surface area contributed by atoms with Crippen molar-refractivity contribution in [2.45, 2.75) is 12.8 Å². The molecule has 1 amide bonds. The van der Waals surface area contributed by atoms with E-state index in [2.05, 4.69) is 15.5 Å². The number of amides is 1. The van der Waals surface area contributed by atoms with E-state index in [0.29, 0.717) is 29.6 Å². The minimum Gasteiger partial charge on any atom is -0.497 e. The van der Waals surface area contributed by atoms with Gasteiger partial charge < -0.3 is 19.3 Å². The summed E-state index contributed by atoms with van der Waals surface area (Å²) in [6.07, 6.45) is 0.587. The maximum Gasteiger partial charge on any atom is 0.227 e. The summed E-state index contributed by atoms with van der Waals surface area (Å²) in [6.45, 7) is 0. The lowest BCUT2D eigenvalue weighted by atomic mass is 10.2. The van der Waals surface area contributed by atoms with E-state index in [1.165, 1.54) is 0 Å². The summed E-state index contributed by atoms with van der Waals surface area (Å²) in [5, 5.41) is 6.78. The van der Waals surface area contributed by atoms with Gasteiger partial charge in [0.1, 0.15) is 11.5 Å². The zero-order chi connectivity index (χ0) is 18.4. The van der Waals surface area contributed by atoms with E-state index in [4.69, 9.17) is 14.0 Å². The van der Waals surface area contributed by atoms with E-state index in [1.807, 2.05) is 24.3 Å². The van der Waals surface area contributed by atoms with Gasteiger partial charge in [0.25, 0.3) is 0 Å². The van der Waals surface area contributed by atoms with Crippen LogP contribution in [0.25, 0.3) is 11.4 Å². The molecule has 0 saturated carbocycles. The molecular weight excluding hydrogens is 334 g/mol. The van der Waals surface area contributed by atoms with Crippen molar-refractivity contribution in [2.75, 3.05) is 19.5 Å². The van der Waals surface area contributed by atoms with Crippen molar-refractivity contribution in [1.82, 2.24) is 10.1 Å². The maximum absolute atomic E-state index is 12.1. The smallest absolute Gasteiger partial charge is 0.227 e. The lowest BCUT2D eigenvalue weighted by Crippen LogP contribution is -2.12. The van der Waals surface area contributed by atoms with E-state index in [-0.39, 0.29) is 12.3 Å². The van der Waals surface area contributed by atoms with Crippen molar-refractivity contribution < 1.29 is 18.8 Å². The summed E-state index contributed by atoms with van der Waals surface area (Å²) in [7, 11) is 3.18. The Balaban J connectivity index is 1.58. The molecule has 2 aromatic carbocycles. The van der Waals surface area contributed by atoms with Gasteiger partial charge in [0.05, 0.1) is 19.8 Å². The summed E-state index contributed by atoms with van der Waals surface area (Å²) in [4.78, 5) is 16.4. The molecule has 1 heterocycles. The number of carbonyl (C=O) groups is 1. The third-order valence-corrected chi connectivity index (χ3v) is 3.76. The first-order valence-corrected chi connectivity index (χ1v) is 8.09. The number of anilines is 1. The number of nitrogens with zero attached hydrogens (tertiary/aromatic N) is 2. The number of rotatable bonds is 7. The number of ether oxygens (including phenoxy) is 2. The molecule has 7 heteroatoms. The lowest BCUT2D eigenvalue weighted by Gasteiger charge is -2.05. The highest BCUT2D eigenvalue weighted by atomic mass is 16.5. The number of para-hydroxylation sites is 1. The number of nitrogens with one attached hydrogen (secondary N) is 1. The molecular formula is C19H19N3O4. The van der Waals surface area contributed by atoms with E-state index >= 15 is 0 Å². The number of aryl methyl sites for hydroxylation is 1. The first-order chi connectivity index (χ1) is 12.7. The highest BCUT2D eigenvalue weighted by Crippen LogP contribution is 2.27. The average Bonchev–Trinajstić information content (AvgIpc) is 3.16. The first-order valence-electron chi connectivity index (χ1n) is 8.09. The highest BCUT2D eigenvalue weighted by Gasteiger charge is 2.14. The zero-order valence-electron chi connectivity index (χ0n) is 14.6. The fraction of sp³-hybridized carbons (Fsp3) is 0.211. The number of hydrogen-bond donors (Lipinski definition) is 1. The molecule has 3 rings (SSSR count). The maximum atomic E-state index is 12.1. The van der Waals surface area contributed by atoms with Gasteiger partial charge in [0, 0.05) is 18.5 Å². The van der Waals surface area contributed by atoms with Crippen LogP contribution in [0, 0.1) is 0 Å². The van der Waals surface area contributed by atoms with Crippen LogP contribution in [0.15, 0.2) is 53.1 Å². The zero-order valence-corrected chi connectivity index (χ0v) is 14.6. The molecule has 1 aromatic heterocycles. The van der Waals surface area contributed by atoms with Gasteiger partial charge in [-0.3, -0.25) is 4.79 Å². The molecule has 134 valence electrons. The Morgan fingerprint density at radius 1 is 1.08 bits per heavy atom. The van der Waals surface area contributed by atoms with Gasteiger partial charge in [-0.15, -0.1) is 0 Å². The first kappa shape index (κ1) is 17.5. The van der Waals surface area contributed by atoms with Crippen LogP contribution in [0.1, 0.15) is 12.3 Å². The van der Waals surface area contributed by atoms with E-state index in [0.717, 1.165) is 11.3 Å². The van der Waals surface area contributed by atoms with Crippen LogP contribution in [0.2, 0.25) is 0 Å². The van der Waals surface area contributed by atoms with Crippen LogP contribution in [-0.4, -0.2) is 30.3 Å². The van der Waals surface area contributed by atoms with Crippen LogP contribution in [0.4, 0.5) is 5.69 Å². The molecule has 0 spiro atoms. The summed E-state index contributed by atoms with van der Waals surface area (Å²) >= 11 is 0. The Morgan fingerprint density at radius 3 is 2.58 bits per heavy atom. The molecule has 0 unspecified atom stereocenters. The Labute approximate surface area is 150 Å². The SMILES string of the molecule is COc1ccc(NC(=O)CCc2nc(-c3ccccc3OC)no2)cc1. The van der Waals surface area contributed by atoms with Gasteiger partial charge in [-0.05, 0) is 36.4 Å². The van der Waals surface area contributed by atoms with Gasteiger partial charge in [0.2, 0.25) is 17.6 Å². The predicted octanol–water partition coefficient (Wildman–Crippen LogP) is 3.33. The molecule has 0 atom stereocenters. The molecule has 0 aliphatic rings. The molecule has 1 N–H and O–H groups in total. The van der Waals surface area contributed by atoms with Crippen LogP contribution >= 0.6 is 0 Å². The Hall–Kier alpha value is -3.35. The van der Waals surface area contributed by atoms with Gasteiger partial charge >= 0.3 is 0 Å². The second-order valence-corrected chi connectivity index (χ2v) is 5.49. The second-order valence-electron chi connectivity index (χ2n) is 5.49. The van der Waals surface area contributed by atoms with Crippen molar-refractivity contribution in [2.24, 2.45) is 0 Å². The van der Waals surface area contributed by atoms with Crippen molar-refractivity contribution in [3.63, 3.8) is 0 Å². The number of benzene rings is 2. The molecule has 0 saturated heterocycles. The molecule has 3 aromatic rings. The van der Waals surface area contributed by atoms with Gasteiger partial charge in [-0.2, -0.15) is 4.98 Å². The summed E-state index contributed by atoms with van der Waals surface area (Å²) < 4.78 is 15.6. The molecule has 0 radical (unpaired) electrons. The third-order valence-electron chi connectivity index (χ3n) is 3.76. The van der Waals surface area contributed by atoms with E-state index < -0.39 is 0 Å². The largest absolute Gasteiger partial charge is 0.497 e. The van der Waals surface area contributed by atoms with Crippen LogP contribution in [-0.2, 0) is 11.2 Å². The number of carbonyl (C=O) groups excluding carboxylic acids is 1. The van der Waals surface area contributed by atoms with Gasteiger partial charge in [-0.25, -0.2) is 0 Å². The van der Waals surface area contributed by atoms with Gasteiger partial charge in [0.15, 0.2) is 0 Å². The van der Waals surface area contributed by atoms with Crippen LogP contribution in [0.3, 0.4) is 0 Å².